The van der Waals surface area contributed by atoms with Crippen LogP contribution in [0.3, 0.4) is 0 Å². The Morgan fingerprint density at radius 2 is 2.04 bits per heavy atom. The highest BCUT2D eigenvalue weighted by Gasteiger charge is 2.12. The van der Waals surface area contributed by atoms with E-state index in [1.807, 2.05) is 6.07 Å². The molecule has 0 spiro atoms. The van der Waals surface area contributed by atoms with E-state index in [-0.39, 0.29) is 11.3 Å². The van der Waals surface area contributed by atoms with Gasteiger partial charge in [-0.1, -0.05) is 41.4 Å². The molecule has 0 fully saturated rings. The van der Waals surface area contributed by atoms with Crippen LogP contribution in [0.4, 0.5) is 10.1 Å². The monoisotopic (exact) mass is 416 g/mol. The van der Waals surface area contributed by atoms with Crippen molar-refractivity contribution in [2.45, 2.75) is 19.8 Å². The second-order valence-electron chi connectivity index (χ2n) is 5.52. The lowest BCUT2D eigenvalue weighted by molar-refractivity contribution is -0.112. The largest absolute Gasteiger partial charge is 0.494 e. The highest BCUT2D eigenvalue weighted by molar-refractivity contribution is 9.10. The molecular formula is C20H18BrFN2O2. The van der Waals surface area contributed by atoms with Crippen LogP contribution in [0.15, 0.2) is 52.5 Å². The summed E-state index contributed by atoms with van der Waals surface area (Å²) in [5, 5.41) is 11.6. The Hall–Kier alpha value is -2.65. The molecule has 134 valence electrons. The van der Waals surface area contributed by atoms with Gasteiger partial charge in [0.05, 0.1) is 12.3 Å². The first-order chi connectivity index (χ1) is 12.5. The maximum atomic E-state index is 13.8. The smallest absolute Gasteiger partial charge is 0.266 e. The highest BCUT2D eigenvalue weighted by Crippen LogP contribution is 2.20. The summed E-state index contributed by atoms with van der Waals surface area (Å²) in [7, 11) is 0. The van der Waals surface area contributed by atoms with Crippen LogP contribution in [0.1, 0.15) is 25.3 Å². The van der Waals surface area contributed by atoms with E-state index in [4.69, 9.17) is 4.74 Å². The predicted molar refractivity (Wildman–Crippen MR) is 103 cm³/mol. The fourth-order valence-corrected chi connectivity index (χ4v) is 2.42. The van der Waals surface area contributed by atoms with Crippen LogP contribution in [0.25, 0.3) is 6.08 Å². The summed E-state index contributed by atoms with van der Waals surface area (Å²) in [6.07, 6.45) is 3.48. The minimum atomic E-state index is -0.669. The van der Waals surface area contributed by atoms with Gasteiger partial charge in [-0.3, -0.25) is 4.79 Å². The fourth-order valence-electron chi connectivity index (χ4n) is 2.09. The molecule has 2 aromatic rings. The van der Waals surface area contributed by atoms with Crippen molar-refractivity contribution >= 4 is 33.6 Å². The number of nitrogens with zero attached hydrogens (tertiary/aromatic N) is 1. The lowest BCUT2D eigenvalue weighted by Gasteiger charge is -2.07. The Balaban J connectivity index is 2.09. The van der Waals surface area contributed by atoms with Gasteiger partial charge in [0.1, 0.15) is 23.2 Å². The minimum Gasteiger partial charge on any atom is -0.494 e. The van der Waals surface area contributed by atoms with Gasteiger partial charge in [-0.05, 0) is 48.4 Å². The number of hydrogen-bond acceptors (Lipinski definition) is 3. The number of rotatable bonds is 7. The van der Waals surface area contributed by atoms with Crippen molar-refractivity contribution in [1.82, 2.24) is 0 Å². The summed E-state index contributed by atoms with van der Waals surface area (Å²) in [5.41, 5.74) is 0.571. The van der Waals surface area contributed by atoms with Crippen molar-refractivity contribution < 1.29 is 13.9 Å². The molecular weight excluding hydrogens is 399 g/mol. The van der Waals surface area contributed by atoms with Crippen LogP contribution in [0.5, 0.6) is 5.75 Å². The highest BCUT2D eigenvalue weighted by atomic mass is 79.9. The van der Waals surface area contributed by atoms with Crippen molar-refractivity contribution in [1.29, 1.82) is 5.26 Å². The van der Waals surface area contributed by atoms with E-state index in [9.17, 15) is 14.4 Å². The number of unbranched alkanes of at least 4 members (excludes halogenated alkanes) is 1. The van der Waals surface area contributed by atoms with Crippen molar-refractivity contribution in [2.24, 2.45) is 0 Å². The summed E-state index contributed by atoms with van der Waals surface area (Å²) >= 11 is 3.15. The average Bonchev–Trinajstić information content (AvgIpc) is 2.63. The molecule has 26 heavy (non-hydrogen) atoms. The molecule has 0 atom stereocenters. The van der Waals surface area contributed by atoms with Gasteiger partial charge < -0.3 is 10.1 Å². The van der Waals surface area contributed by atoms with Gasteiger partial charge in [-0.2, -0.15) is 5.26 Å². The van der Waals surface area contributed by atoms with Gasteiger partial charge in [0.15, 0.2) is 0 Å². The second kappa shape index (κ2) is 9.73. The number of amides is 1. The molecule has 2 aromatic carbocycles. The van der Waals surface area contributed by atoms with Crippen molar-refractivity contribution in [3.8, 4) is 11.8 Å². The molecule has 0 heterocycles. The first-order valence-electron chi connectivity index (χ1n) is 8.14. The third-order valence-corrected chi connectivity index (χ3v) is 4.00. The lowest BCUT2D eigenvalue weighted by Crippen LogP contribution is -2.14. The van der Waals surface area contributed by atoms with Crippen LogP contribution in [-0.2, 0) is 4.79 Å². The summed E-state index contributed by atoms with van der Waals surface area (Å²) < 4.78 is 19.9. The third-order valence-electron chi connectivity index (χ3n) is 3.50. The van der Waals surface area contributed by atoms with E-state index in [0.29, 0.717) is 16.6 Å². The summed E-state index contributed by atoms with van der Waals surface area (Å²) in [5.74, 6) is -0.522. The number of benzene rings is 2. The normalized spacial score (nSPS) is 10.9. The lowest BCUT2D eigenvalue weighted by atomic mass is 10.1. The van der Waals surface area contributed by atoms with E-state index >= 15 is 0 Å². The zero-order valence-corrected chi connectivity index (χ0v) is 15.8. The van der Waals surface area contributed by atoms with Crippen LogP contribution in [0, 0.1) is 17.1 Å². The van der Waals surface area contributed by atoms with E-state index in [1.54, 1.807) is 30.3 Å². The van der Waals surface area contributed by atoms with E-state index in [2.05, 4.69) is 28.2 Å². The molecule has 0 aliphatic rings. The number of ether oxygens (including phenoxy) is 1. The molecule has 1 N–H and O–H groups in total. The molecule has 0 radical (unpaired) electrons. The SMILES string of the molecule is CCCCOc1ccc(/C=C(\C#N)C(=O)Nc2ccc(Br)cc2F)cc1. The van der Waals surface area contributed by atoms with Crippen LogP contribution >= 0.6 is 15.9 Å². The molecule has 0 aliphatic carbocycles. The maximum Gasteiger partial charge on any atom is 0.266 e. The second-order valence-corrected chi connectivity index (χ2v) is 6.43. The number of carbonyl (C=O) groups is 1. The molecule has 0 aliphatic heterocycles. The number of halogens is 2. The van der Waals surface area contributed by atoms with Gasteiger partial charge >= 0.3 is 0 Å². The molecule has 0 unspecified atom stereocenters. The minimum absolute atomic E-state index is 0.0130. The number of nitrogens with one attached hydrogen (secondary N) is 1. The van der Waals surface area contributed by atoms with Crippen LogP contribution < -0.4 is 10.1 Å². The molecule has 0 bridgehead atoms. The first kappa shape index (κ1) is 19.7. The van der Waals surface area contributed by atoms with Gasteiger partial charge in [0.2, 0.25) is 0 Å². The molecule has 0 saturated heterocycles. The summed E-state index contributed by atoms with van der Waals surface area (Å²) in [4.78, 5) is 12.2. The van der Waals surface area contributed by atoms with E-state index < -0.39 is 11.7 Å². The summed E-state index contributed by atoms with van der Waals surface area (Å²) in [6.45, 7) is 2.74. The number of carbonyl (C=O) groups excluding carboxylic acids is 1. The topological polar surface area (TPSA) is 62.1 Å². The third kappa shape index (κ3) is 5.71. The number of nitriles is 1. The average molecular weight is 417 g/mol. The predicted octanol–water partition coefficient (Wildman–Crippen LogP) is 5.31. The quantitative estimate of drug-likeness (QED) is 0.377. The van der Waals surface area contributed by atoms with Gasteiger partial charge in [0, 0.05) is 4.47 Å². The fraction of sp³-hybridized carbons (Fsp3) is 0.200. The van der Waals surface area contributed by atoms with Crippen LogP contribution in [0.2, 0.25) is 0 Å². The van der Waals surface area contributed by atoms with Crippen molar-refractivity contribution in [3.05, 3.63) is 63.9 Å². The summed E-state index contributed by atoms with van der Waals surface area (Å²) in [6, 6.07) is 13.2. The van der Waals surface area contributed by atoms with Gasteiger partial charge in [0.25, 0.3) is 5.91 Å². The molecule has 2 rings (SSSR count). The Morgan fingerprint density at radius 3 is 2.65 bits per heavy atom. The van der Waals surface area contributed by atoms with Crippen molar-refractivity contribution in [2.75, 3.05) is 11.9 Å². The standard InChI is InChI=1S/C20H18BrFN2O2/c1-2-3-10-26-17-7-4-14(5-8-17)11-15(13-23)20(25)24-19-9-6-16(21)12-18(19)22/h4-9,11-12H,2-3,10H2,1H3,(H,24,25)/b15-11+. The maximum absolute atomic E-state index is 13.8. The molecule has 1 amide bonds. The van der Waals surface area contributed by atoms with Gasteiger partial charge in [-0.25, -0.2) is 4.39 Å². The first-order valence-corrected chi connectivity index (χ1v) is 8.94. The molecule has 4 nitrogen and oxygen atoms in total. The Morgan fingerprint density at radius 1 is 1.31 bits per heavy atom. The van der Waals surface area contributed by atoms with Crippen molar-refractivity contribution in [3.63, 3.8) is 0 Å². The molecule has 0 aromatic heterocycles. The zero-order valence-electron chi connectivity index (χ0n) is 14.3. The number of anilines is 1. The van der Waals surface area contributed by atoms with E-state index in [1.165, 1.54) is 18.2 Å². The molecule has 0 saturated carbocycles. The van der Waals surface area contributed by atoms with E-state index in [0.717, 1.165) is 18.6 Å². The van der Waals surface area contributed by atoms with Gasteiger partial charge in [-0.15, -0.1) is 0 Å². The Labute approximate surface area is 160 Å². The zero-order chi connectivity index (χ0) is 18.9. The molecule has 6 heteroatoms. The van der Waals surface area contributed by atoms with Crippen LogP contribution in [-0.4, -0.2) is 12.5 Å². The Bertz CT molecular complexity index is 842. The number of hydrogen-bond donors (Lipinski definition) is 1. The Kier molecular flexibility index (Phi) is 7.37.